The van der Waals surface area contributed by atoms with E-state index in [9.17, 15) is 4.79 Å². The van der Waals surface area contributed by atoms with Crippen LogP contribution in [-0.4, -0.2) is 5.91 Å². The van der Waals surface area contributed by atoms with Gasteiger partial charge in [0.05, 0.1) is 0 Å². The van der Waals surface area contributed by atoms with E-state index >= 15 is 0 Å². The number of para-hydroxylation sites is 1. The molecule has 1 amide bonds. The summed E-state index contributed by atoms with van der Waals surface area (Å²) in [5.74, 6) is 0.786. The van der Waals surface area contributed by atoms with Crippen molar-refractivity contribution in [2.24, 2.45) is 0 Å². The highest BCUT2D eigenvalue weighted by atomic mass is 16.1. The second kappa shape index (κ2) is 7.96. The Morgan fingerprint density at radius 3 is 2.21 bits per heavy atom. The van der Waals surface area contributed by atoms with Crippen LogP contribution in [0.25, 0.3) is 6.08 Å². The first kappa shape index (κ1) is 18.0. The first-order chi connectivity index (χ1) is 11.4. The summed E-state index contributed by atoms with van der Waals surface area (Å²) in [6, 6.07) is 14.4. The van der Waals surface area contributed by atoms with E-state index in [2.05, 4.69) is 51.2 Å². The largest absolute Gasteiger partial charge is 0.322 e. The van der Waals surface area contributed by atoms with Crippen molar-refractivity contribution in [3.05, 3.63) is 70.8 Å². The molecule has 0 radical (unpaired) electrons. The third-order valence-corrected chi connectivity index (χ3v) is 4.21. The third-order valence-electron chi connectivity index (χ3n) is 4.21. The second-order valence-corrected chi connectivity index (χ2v) is 6.84. The molecule has 0 aromatic heterocycles. The molecule has 0 aliphatic heterocycles. The predicted octanol–water partition coefficient (Wildman–Crippen LogP) is 5.89. The van der Waals surface area contributed by atoms with Gasteiger partial charge in [-0.2, -0.15) is 0 Å². The number of hydrogen-bond donors (Lipinski definition) is 1. The zero-order valence-electron chi connectivity index (χ0n) is 15.3. The molecule has 24 heavy (non-hydrogen) atoms. The van der Waals surface area contributed by atoms with Gasteiger partial charge in [-0.05, 0) is 47.1 Å². The van der Waals surface area contributed by atoms with Crippen molar-refractivity contribution in [1.29, 1.82) is 0 Å². The van der Waals surface area contributed by atoms with Gasteiger partial charge in [0.15, 0.2) is 0 Å². The van der Waals surface area contributed by atoms with Crippen LogP contribution in [0.5, 0.6) is 0 Å². The highest BCUT2D eigenvalue weighted by Gasteiger charge is 2.10. The Bertz CT molecular complexity index is 724. The Morgan fingerprint density at radius 1 is 0.958 bits per heavy atom. The van der Waals surface area contributed by atoms with Crippen molar-refractivity contribution in [1.82, 2.24) is 0 Å². The Kier molecular flexibility index (Phi) is 5.97. The van der Waals surface area contributed by atoms with Crippen LogP contribution in [0, 0.1) is 6.92 Å². The molecule has 126 valence electrons. The average Bonchev–Trinajstić information content (AvgIpc) is 2.55. The van der Waals surface area contributed by atoms with E-state index in [1.165, 1.54) is 5.56 Å². The summed E-state index contributed by atoms with van der Waals surface area (Å²) >= 11 is 0. The van der Waals surface area contributed by atoms with Crippen LogP contribution in [0.3, 0.4) is 0 Å². The van der Waals surface area contributed by atoms with Crippen LogP contribution in [0.2, 0.25) is 0 Å². The summed E-state index contributed by atoms with van der Waals surface area (Å²) in [5, 5.41) is 3.03. The molecule has 2 rings (SSSR count). The van der Waals surface area contributed by atoms with E-state index in [1.54, 1.807) is 6.08 Å². The maximum absolute atomic E-state index is 12.3. The van der Waals surface area contributed by atoms with Crippen molar-refractivity contribution in [2.75, 3.05) is 5.32 Å². The number of carbonyl (C=O) groups is 1. The number of aryl methyl sites for hydroxylation is 1. The summed E-state index contributed by atoms with van der Waals surface area (Å²) < 4.78 is 0. The second-order valence-electron chi connectivity index (χ2n) is 6.84. The molecule has 0 aliphatic rings. The summed E-state index contributed by atoms with van der Waals surface area (Å²) in [6.07, 6.45) is 3.45. The molecule has 0 saturated carbocycles. The molecule has 0 fully saturated rings. The van der Waals surface area contributed by atoms with Crippen LogP contribution < -0.4 is 5.32 Å². The lowest BCUT2D eigenvalue weighted by Gasteiger charge is -2.15. The minimum atomic E-state index is -0.0980. The number of rotatable bonds is 5. The predicted molar refractivity (Wildman–Crippen MR) is 103 cm³/mol. The Morgan fingerprint density at radius 2 is 1.62 bits per heavy atom. The van der Waals surface area contributed by atoms with Crippen LogP contribution in [0.15, 0.2) is 48.5 Å². The van der Waals surface area contributed by atoms with Gasteiger partial charge in [-0.3, -0.25) is 4.79 Å². The molecule has 0 heterocycles. The van der Waals surface area contributed by atoms with Crippen molar-refractivity contribution < 1.29 is 4.79 Å². The number of hydrogen-bond acceptors (Lipinski definition) is 1. The van der Waals surface area contributed by atoms with Gasteiger partial charge in [-0.1, -0.05) is 70.2 Å². The SMILES string of the molecule is Cc1cccc(C(C)C)c1NC(=O)/C=C/c1ccc(C(C)C)cc1. The van der Waals surface area contributed by atoms with Gasteiger partial charge >= 0.3 is 0 Å². The molecular formula is C22H27NO. The minimum absolute atomic E-state index is 0.0980. The first-order valence-electron chi connectivity index (χ1n) is 8.57. The average molecular weight is 321 g/mol. The van der Waals surface area contributed by atoms with Crippen LogP contribution >= 0.6 is 0 Å². The number of amides is 1. The molecule has 1 N–H and O–H groups in total. The van der Waals surface area contributed by atoms with Crippen LogP contribution in [-0.2, 0) is 4.79 Å². The number of nitrogens with one attached hydrogen (secondary N) is 1. The number of benzene rings is 2. The van der Waals surface area contributed by atoms with Gasteiger partial charge in [0.1, 0.15) is 0 Å². The highest BCUT2D eigenvalue weighted by Crippen LogP contribution is 2.27. The standard InChI is InChI=1S/C22H27NO/c1-15(2)19-12-9-18(10-13-19)11-14-21(24)23-22-17(5)7-6-8-20(22)16(3)4/h6-16H,1-5H3,(H,23,24)/b14-11+. The van der Waals surface area contributed by atoms with Gasteiger partial charge < -0.3 is 5.32 Å². The fourth-order valence-corrected chi connectivity index (χ4v) is 2.67. The van der Waals surface area contributed by atoms with E-state index in [-0.39, 0.29) is 5.91 Å². The van der Waals surface area contributed by atoms with Gasteiger partial charge in [-0.15, -0.1) is 0 Å². The van der Waals surface area contributed by atoms with E-state index < -0.39 is 0 Å². The molecular weight excluding hydrogens is 294 g/mol. The minimum Gasteiger partial charge on any atom is -0.322 e. The molecule has 0 spiro atoms. The monoisotopic (exact) mass is 321 g/mol. The maximum Gasteiger partial charge on any atom is 0.248 e. The molecule has 2 heteroatoms. The first-order valence-corrected chi connectivity index (χ1v) is 8.57. The van der Waals surface area contributed by atoms with E-state index in [1.807, 2.05) is 37.3 Å². The summed E-state index contributed by atoms with van der Waals surface area (Å²) in [6.45, 7) is 10.6. The Balaban J connectivity index is 2.11. The molecule has 0 unspecified atom stereocenters. The third kappa shape index (κ3) is 4.58. The van der Waals surface area contributed by atoms with Crippen molar-refractivity contribution in [2.45, 2.75) is 46.5 Å². The van der Waals surface area contributed by atoms with Gasteiger partial charge in [0.25, 0.3) is 0 Å². The summed E-state index contributed by atoms with van der Waals surface area (Å²) in [5.41, 5.74) is 5.51. The number of anilines is 1. The maximum atomic E-state index is 12.3. The Labute approximate surface area is 145 Å². The van der Waals surface area contributed by atoms with Gasteiger partial charge in [0, 0.05) is 11.8 Å². The molecule has 2 aromatic carbocycles. The van der Waals surface area contributed by atoms with E-state index in [0.29, 0.717) is 11.8 Å². The fourth-order valence-electron chi connectivity index (χ4n) is 2.67. The fraction of sp³-hybridized carbons (Fsp3) is 0.318. The van der Waals surface area contributed by atoms with Crippen LogP contribution in [0.1, 0.15) is 61.8 Å². The zero-order valence-corrected chi connectivity index (χ0v) is 15.3. The molecule has 2 aromatic rings. The molecule has 0 bridgehead atoms. The molecule has 0 saturated heterocycles. The van der Waals surface area contributed by atoms with Gasteiger partial charge in [0.2, 0.25) is 5.91 Å². The summed E-state index contributed by atoms with van der Waals surface area (Å²) in [4.78, 5) is 12.3. The highest BCUT2D eigenvalue weighted by molar-refractivity contribution is 6.02. The lowest BCUT2D eigenvalue weighted by Crippen LogP contribution is -2.11. The summed E-state index contributed by atoms with van der Waals surface area (Å²) in [7, 11) is 0. The lowest BCUT2D eigenvalue weighted by molar-refractivity contribution is -0.111. The topological polar surface area (TPSA) is 29.1 Å². The van der Waals surface area contributed by atoms with E-state index in [4.69, 9.17) is 0 Å². The number of carbonyl (C=O) groups excluding carboxylic acids is 1. The zero-order chi connectivity index (χ0) is 17.7. The molecule has 0 aliphatic carbocycles. The lowest BCUT2D eigenvalue weighted by atomic mass is 9.98. The van der Waals surface area contributed by atoms with Crippen molar-refractivity contribution in [3.8, 4) is 0 Å². The Hall–Kier alpha value is -2.35. The molecule has 2 nitrogen and oxygen atoms in total. The van der Waals surface area contributed by atoms with Crippen molar-refractivity contribution >= 4 is 17.7 Å². The normalized spacial score (nSPS) is 11.5. The van der Waals surface area contributed by atoms with Gasteiger partial charge in [-0.25, -0.2) is 0 Å². The molecule has 0 atom stereocenters. The van der Waals surface area contributed by atoms with Crippen LogP contribution in [0.4, 0.5) is 5.69 Å². The van der Waals surface area contributed by atoms with Crippen molar-refractivity contribution in [3.63, 3.8) is 0 Å². The quantitative estimate of drug-likeness (QED) is 0.683. The smallest absolute Gasteiger partial charge is 0.248 e. The van der Waals surface area contributed by atoms with E-state index in [0.717, 1.165) is 22.4 Å².